The summed E-state index contributed by atoms with van der Waals surface area (Å²) in [5.74, 6) is 0.0251. The number of nitrogens with zero attached hydrogens (tertiary/aromatic N) is 2. The standard InChI is InChI=1S/C21H23ClN2O4S/c1-14(2)24-21(25)19(20(29(24,26)27)16-7-5-4-6-8-16)23-12-11-15-9-10-18(28-3)17(22)13-15/h4-10,13-14,20H,11-12H2,1-3H3. The van der Waals surface area contributed by atoms with Crippen LogP contribution in [0.2, 0.25) is 5.02 Å². The highest BCUT2D eigenvalue weighted by atomic mass is 35.5. The van der Waals surface area contributed by atoms with E-state index in [1.165, 1.54) is 0 Å². The Labute approximate surface area is 176 Å². The Morgan fingerprint density at radius 3 is 2.45 bits per heavy atom. The highest BCUT2D eigenvalue weighted by Crippen LogP contribution is 2.36. The summed E-state index contributed by atoms with van der Waals surface area (Å²) >= 11 is 6.15. The normalized spacial score (nSPS) is 19.9. The van der Waals surface area contributed by atoms with Crippen LogP contribution in [0.3, 0.4) is 0 Å². The van der Waals surface area contributed by atoms with Gasteiger partial charge < -0.3 is 4.74 Å². The molecule has 2 aromatic rings. The number of carbonyl (C=O) groups is 1. The second-order valence-electron chi connectivity index (χ2n) is 7.02. The minimum Gasteiger partial charge on any atom is -0.495 e. The molecule has 0 saturated carbocycles. The van der Waals surface area contributed by atoms with E-state index in [2.05, 4.69) is 4.99 Å². The molecule has 6 nitrogen and oxygen atoms in total. The fourth-order valence-corrected chi connectivity index (χ4v) is 5.78. The van der Waals surface area contributed by atoms with Crippen molar-refractivity contribution < 1.29 is 17.9 Å². The topological polar surface area (TPSA) is 76.0 Å². The van der Waals surface area contributed by atoms with Gasteiger partial charge in [-0.25, -0.2) is 12.7 Å². The van der Waals surface area contributed by atoms with E-state index in [0.717, 1.165) is 9.87 Å². The van der Waals surface area contributed by atoms with E-state index < -0.39 is 27.2 Å². The summed E-state index contributed by atoms with van der Waals surface area (Å²) in [6, 6.07) is 13.7. The molecule has 0 N–H and O–H groups in total. The van der Waals surface area contributed by atoms with Gasteiger partial charge in [-0.15, -0.1) is 0 Å². The SMILES string of the molecule is COc1ccc(CCN=C2C(=O)N(C(C)C)S(=O)(=O)C2c2ccccc2)cc1Cl. The summed E-state index contributed by atoms with van der Waals surface area (Å²) in [7, 11) is -2.33. The Morgan fingerprint density at radius 1 is 1.17 bits per heavy atom. The molecule has 154 valence electrons. The number of hydrogen-bond acceptors (Lipinski definition) is 5. The maximum absolute atomic E-state index is 13.1. The lowest BCUT2D eigenvalue weighted by molar-refractivity contribution is -0.120. The van der Waals surface area contributed by atoms with Crippen LogP contribution in [0.5, 0.6) is 5.75 Å². The average molecular weight is 435 g/mol. The van der Waals surface area contributed by atoms with Gasteiger partial charge in [0.15, 0.2) is 5.25 Å². The zero-order valence-electron chi connectivity index (χ0n) is 16.5. The van der Waals surface area contributed by atoms with Gasteiger partial charge in [-0.05, 0) is 43.5 Å². The number of carbonyl (C=O) groups excluding carboxylic acids is 1. The molecule has 8 heteroatoms. The van der Waals surface area contributed by atoms with Gasteiger partial charge in [0.25, 0.3) is 15.9 Å². The minimum atomic E-state index is -3.87. The van der Waals surface area contributed by atoms with E-state index >= 15 is 0 Å². The van der Waals surface area contributed by atoms with Crippen molar-refractivity contribution in [1.29, 1.82) is 0 Å². The summed E-state index contributed by atoms with van der Waals surface area (Å²) in [5.41, 5.74) is 1.52. The third-order valence-corrected chi connectivity index (χ3v) is 7.23. The van der Waals surface area contributed by atoms with Crippen molar-refractivity contribution in [3.05, 3.63) is 64.7 Å². The van der Waals surface area contributed by atoms with E-state index in [4.69, 9.17) is 16.3 Å². The molecule has 0 aromatic heterocycles. The molecule has 1 amide bonds. The van der Waals surface area contributed by atoms with Crippen molar-refractivity contribution in [3.8, 4) is 5.75 Å². The van der Waals surface area contributed by atoms with Crippen LogP contribution in [-0.4, -0.2) is 44.0 Å². The number of ether oxygens (including phenoxy) is 1. The van der Waals surface area contributed by atoms with Crippen LogP contribution in [0, 0.1) is 0 Å². The molecule has 1 saturated heterocycles. The van der Waals surface area contributed by atoms with Crippen molar-refractivity contribution >= 4 is 33.2 Å². The summed E-state index contributed by atoms with van der Waals surface area (Å²) in [5, 5.41) is -0.594. The first kappa shape index (κ1) is 21.3. The van der Waals surface area contributed by atoms with Gasteiger partial charge >= 0.3 is 0 Å². The van der Waals surface area contributed by atoms with Gasteiger partial charge in [0.05, 0.1) is 12.1 Å². The van der Waals surface area contributed by atoms with Crippen molar-refractivity contribution in [2.75, 3.05) is 13.7 Å². The molecule has 1 unspecified atom stereocenters. The highest BCUT2D eigenvalue weighted by molar-refractivity contribution is 7.91. The Hall–Kier alpha value is -2.38. The van der Waals surface area contributed by atoms with Gasteiger partial charge in [0.1, 0.15) is 11.5 Å². The van der Waals surface area contributed by atoms with Crippen molar-refractivity contribution in [1.82, 2.24) is 4.31 Å². The van der Waals surface area contributed by atoms with Crippen LogP contribution < -0.4 is 4.74 Å². The molecule has 0 radical (unpaired) electrons. The van der Waals surface area contributed by atoms with E-state index in [1.54, 1.807) is 63.4 Å². The van der Waals surface area contributed by atoms with Crippen molar-refractivity contribution in [3.63, 3.8) is 0 Å². The molecule has 29 heavy (non-hydrogen) atoms. The fourth-order valence-electron chi connectivity index (χ4n) is 3.40. The van der Waals surface area contributed by atoms with Gasteiger partial charge in [0, 0.05) is 12.6 Å². The monoisotopic (exact) mass is 434 g/mol. The van der Waals surface area contributed by atoms with E-state index in [9.17, 15) is 13.2 Å². The summed E-state index contributed by atoms with van der Waals surface area (Å²) in [4.78, 5) is 17.3. The van der Waals surface area contributed by atoms with Crippen LogP contribution in [0.4, 0.5) is 0 Å². The second-order valence-corrected chi connectivity index (χ2v) is 9.32. The van der Waals surface area contributed by atoms with E-state index in [0.29, 0.717) is 22.8 Å². The third-order valence-electron chi connectivity index (χ3n) is 4.71. The first-order valence-electron chi connectivity index (χ1n) is 9.26. The Bertz CT molecular complexity index is 1040. The second kappa shape index (κ2) is 8.55. The number of hydrogen-bond donors (Lipinski definition) is 0. The zero-order chi connectivity index (χ0) is 21.2. The number of amides is 1. The molecule has 3 rings (SSSR count). The Balaban J connectivity index is 1.92. The van der Waals surface area contributed by atoms with Crippen LogP contribution in [-0.2, 0) is 21.2 Å². The third kappa shape index (κ3) is 4.16. The van der Waals surface area contributed by atoms with E-state index in [1.807, 2.05) is 6.07 Å². The number of halogens is 1. The fraction of sp³-hybridized carbons (Fsp3) is 0.333. The van der Waals surface area contributed by atoms with Gasteiger partial charge in [-0.1, -0.05) is 48.0 Å². The smallest absolute Gasteiger partial charge is 0.283 e. The number of benzene rings is 2. The average Bonchev–Trinajstić information content (AvgIpc) is 2.87. The van der Waals surface area contributed by atoms with Crippen LogP contribution in [0.1, 0.15) is 30.2 Å². The molecule has 1 fully saturated rings. The predicted molar refractivity (Wildman–Crippen MR) is 114 cm³/mol. The zero-order valence-corrected chi connectivity index (χ0v) is 18.1. The Morgan fingerprint density at radius 2 is 1.86 bits per heavy atom. The molecule has 2 aromatic carbocycles. The summed E-state index contributed by atoms with van der Waals surface area (Å²) < 4.78 is 32.3. The molecule has 0 bridgehead atoms. The van der Waals surface area contributed by atoms with Crippen molar-refractivity contribution in [2.24, 2.45) is 4.99 Å². The first-order chi connectivity index (χ1) is 13.8. The molecule has 1 atom stereocenters. The molecule has 1 aliphatic rings. The lowest BCUT2D eigenvalue weighted by Crippen LogP contribution is -2.37. The lowest BCUT2D eigenvalue weighted by Gasteiger charge is -2.19. The van der Waals surface area contributed by atoms with Gasteiger partial charge in [-0.2, -0.15) is 0 Å². The highest BCUT2D eigenvalue weighted by Gasteiger charge is 2.51. The Kier molecular flexibility index (Phi) is 6.29. The van der Waals surface area contributed by atoms with Crippen LogP contribution in [0.15, 0.2) is 53.5 Å². The van der Waals surface area contributed by atoms with Gasteiger partial charge in [0.2, 0.25) is 0 Å². The largest absolute Gasteiger partial charge is 0.495 e. The quantitative estimate of drug-likeness (QED) is 0.695. The molecule has 1 aliphatic heterocycles. The predicted octanol–water partition coefficient (Wildman–Crippen LogP) is 3.65. The van der Waals surface area contributed by atoms with Gasteiger partial charge in [-0.3, -0.25) is 9.79 Å². The molecular formula is C21H23ClN2O4S. The maximum atomic E-state index is 13.1. The summed E-state index contributed by atoms with van der Waals surface area (Å²) in [6.07, 6.45) is 0.518. The lowest BCUT2D eigenvalue weighted by atomic mass is 10.1. The minimum absolute atomic E-state index is 0.0597. The first-order valence-corrected chi connectivity index (χ1v) is 11.1. The van der Waals surface area contributed by atoms with Crippen LogP contribution >= 0.6 is 11.6 Å². The maximum Gasteiger partial charge on any atom is 0.283 e. The molecule has 0 spiro atoms. The van der Waals surface area contributed by atoms with Crippen molar-refractivity contribution in [2.45, 2.75) is 31.6 Å². The molecule has 1 heterocycles. The van der Waals surface area contributed by atoms with Crippen LogP contribution in [0.25, 0.3) is 0 Å². The number of aliphatic imine (C=N–C) groups is 1. The number of sulfonamides is 1. The summed E-state index contributed by atoms with van der Waals surface area (Å²) in [6.45, 7) is 3.63. The number of rotatable bonds is 6. The van der Waals surface area contributed by atoms with E-state index in [-0.39, 0.29) is 12.3 Å². The number of methoxy groups -OCH3 is 1. The molecule has 0 aliphatic carbocycles. The molecular weight excluding hydrogens is 412 g/mol.